The third-order valence-electron chi connectivity index (χ3n) is 2.89. The first kappa shape index (κ1) is 13.2. The molecule has 1 unspecified atom stereocenters. The van der Waals surface area contributed by atoms with Gasteiger partial charge < -0.3 is 9.84 Å². The molecule has 1 rings (SSSR count). The Hall–Kier alpha value is -0.860. The van der Waals surface area contributed by atoms with E-state index in [4.69, 9.17) is 4.74 Å². The zero-order chi connectivity index (χ0) is 11.8. The third kappa shape index (κ3) is 4.77. The van der Waals surface area contributed by atoms with Crippen molar-refractivity contribution >= 4 is 0 Å². The molecule has 16 heavy (non-hydrogen) atoms. The standard InChI is InChI=1S/C14H22O2/c1-12-6-3-4-7-13(12)9-10-14(15)8-5-11-16-2/h3-4,6-7,14-15H,5,8-11H2,1-2H3. The van der Waals surface area contributed by atoms with Crippen molar-refractivity contribution in [1.29, 1.82) is 0 Å². The van der Waals surface area contributed by atoms with Crippen LogP contribution in [-0.4, -0.2) is 24.9 Å². The van der Waals surface area contributed by atoms with Gasteiger partial charge in [-0.05, 0) is 43.7 Å². The number of aliphatic hydroxyl groups excluding tert-OH is 1. The monoisotopic (exact) mass is 222 g/mol. The molecule has 0 heterocycles. The van der Waals surface area contributed by atoms with E-state index in [1.54, 1.807) is 7.11 Å². The first-order valence-corrected chi connectivity index (χ1v) is 5.95. The average molecular weight is 222 g/mol. The second-order valence-electron chi connectivity index (χ2n) is 4.25. The summed E-state index contributed by atoms with van der Waals surface area (Å²) < 4.78 is 4.96. The summed E-state index contributed by atoms with van der Waals surface area (Å²) in [5, 5.41) is 9.77. The maximum Gasteiger partial charge on any atom is 0.0544 e. The van der Waals surface area contributed by atoms with Gasteiger partial charge in [-0.3, -0.25) is 0 Å². The van der Waals surface area contributed by atoms with Gasteiger partial charge in [0.2, 0.25) is 0 Å². The molecule has 2 heteroatoms. The SMILES string of the molecule is COCCCC(O)CCc1ccccc1C. The zero-order valence-corrected chi connectivity index (χ0v) is 10.3. The third-order valence-corrected chi connectivity index (χ3v) is 2.89. The number of aryl methyl sites for hydroxylation is 2. The highest BCUT2D eigenvalue weighted by Crippen LogP contribution is 2.12. The molecule has 1 atom stereocenters. The van der Waals surface area contributed by atoms with Crippen molar-refractivity contribution in [3.05, 3.63) is 35.4 Å². The van der Waals surface area contributed by atoms with Crippen LogP contribution in [0, 0.1) is 6.92 Å². The largest absolute Gasteiger partial charge is 0.393 e. The summed E-state index contributed by atoms with van der Waals surface area (Å²) in [5.74, 6) is 0. The molecule has 0 fully saturated rings. The fraction of sp³-hybridized carbons (Fsp3) is 0.571. The maximum absolute atomic E-state index is 9.77. The number of benzene rings is 1. The fourth-order valence-corrected chi connectivity index (χ4v) is 1.82. The minimum Gasteiger partial charge on any atom is -0.393 e. The maximum atomic E-state index is 9.77. The van der Waals surface area contributed by atoms with Gasteiger partial charge in [0.25, 0.3) is 0 Å². The van der Waals surface area contributed by atoms with E-state index in [1.807, 2.05) is 6.07 Å². The van der Waals surface area contributed by atoms with Crippen molar-refractivity contribution in [1.82, 2.24) is 0 Å². The molecule has 0 aromatic heterocycles. The van der Waals surface area contributed by atoms with E-state index in [-0.39, 0.29) is 6.10 Å². The molecule has 0 saturated heterocycles. The molecule has 90 valence electrons. The average Bonchev–Trinajstić information content (AvgIpc) is 2.28. The highest BCUT2D eigenvalue weighted by Gasteiger charge is 2.05. The zero-order valence-electron chi connectivity index (χ0n) is 10.3. The van der Waals surface area contributed by atoms with Gasteiger partial charge >= 0.3 is 0 Å². The summed E-state index contributed by atoms with van der Waals surface area (Å²) in [4.78, 5) is 0. The summed E-state index contributed by atoms with van der Waals surface area (Å²) in [6, 6.07) is 8.36. The Labute approximate surface area is 98.3 Å². The Balaban J connectivity index is 2.26. The number of aliphatic hydroxyl groups is 1. The predicted octanol–water partition coefficient (Wildman–Crippen LogP) is 2.72. The van der Waals surface area contributed by atoms with Crippen LogP contribution in [-0.2, 0) is 11.2 Å². The Kier molecular flexibility index (Phi) is 6.12. The van der Waals surface area contributed by atoms with Crippen LogP contribution in [0.2, 0.25) is 0 Å². The van der Waals surface area contributed by atoms with Crippen LogP contribution in [0.15, 0.2) is 24.3 Å². The van der Waals surface area contributed by atoms with Crippen molar-refractivity contribution in [2.45, 2.75) is 38.7 Å². The van der Waals surface area contributed by atoms with Crippen LogP contribution >= 0.6 is 0 Å². The molecule has 0 saturated carbocycles. The molecular weight excluding hydrogens is 200 g/mol. The number of hydrogen-bond donors (Lipinski definition) is 1. The van der Waals surface area contributed by atoms with Crippen molar-refractivity contribution in [2.24, 2.45) is 0 Å². The van der Waals surface area contributed by atoms with Crippen LogP contribution in [0.5, 0.6) is 0 Å². The molecular formula is C14H22O2. The van der Waals surface area contributed by atoms with Crippen LogP contribution in [0.4, 0.5) is 0 Å². The van der Waals surface area contributed by atoms with Crippen LogP contribution in [0.25, 0.3) is 0 Å². The van der Waals surface area contributed by atoms with E-state index >= 15 is 0 Å². The fourth-order valence-electron chi connectivity index (χ4n) is 1.82. The molecule has 0 aliphatic carbocycles. The molecule has 0 amide bonds. The van der Waals surface area contributed by atoms with Crippen molar-refractivity contribution in [3.63, 3.8) is 0 Å². The lowest BCUT2D eigenvalue weighted by atomic mass is 10.0. The summed E-state index contributed by atoms with van der Waals surface area (Å²) in [5.41, 5.74) is 2.65. The molecule has 2 nitrogen and oxygen atoms in total. The smallest absolute Gasteiger partial charge is 0.0544 e. The first-order valence-electron chi connectivity index (χ1n) is 5.95. The highest BCUT2D eigenvalue weighted by atomic mass is 16.5. The lowest BCUT2D eigenvalue weighted by Gasteiger charge is -2.11. The Bertz CT molecular complexity index is 297. The van der Waals surface area contributed by atoms with E-state index < -0.39 is 0 Å². The number of hydrogen-bond acceptors (Lipinski definition) is 2. The normalized spacial score (nSPS) is 12.7. The molecule has 0 aliphatic heterocycles. The quantitative estimate of drug-likeness (QED) is 0.719. The van der Waals surface area contributed by atoms with Gasteiger partial charge in [0, 0.05) is 13.7 Å². The van der Waals surface area contributed by atoms with Crippen LogP contribution < -0.4 is 0 Å². The topological polar surface area (TPSA) is 29.5 Å². The Morgan fingerprint density at radius 3 is 2.69 bits per heavy atom. The van der Waals surface area contributed by atoms with Gasteiger partial charge in [0.05, 0.1) is 6.10 Å². The molecule has 1 aromatic carbocycles. The van der Waals surface area contributed by atoms with E-state index in [2.05, 4.69) is 25.1 Å². The van der Waals surface area contributed by atoms with Gasteiger partial charge in [0.15, 0.2) is 0 Å². The molecule has 0 aliphatic rings. The second-order valence-corrected chi connectivity index (χ2v) is 4.25. The molecule has 0 spiro atoms. The summed E-state index contributed by atoms with van der Waals surface area (Å²) in [7, 11) is 1.69. The Morgan fingerprint density at radius 2 is 2.00 bits per heavy atom. The van der Waals surface area contributed by atoms with E-state index in [0.717, 1.165) is 32.3 Å². The van der Waals surface area contributed by atoms with Crippen molar-refractivity contribution in [2.75, 3.05) is 13.7 Å². The molecule has 0 bridgehead atoms. The minimum absolute atomic E-state index is 0.199. The van der Waals surface area contributed by atoms with Gasteiger partial charge in [0.1, 0.15) is 0 Å². The number of rotatable bonds is 7. The molecule has 0 radical (unpaired) electrons. The van der Waals surface area contributed by atoms with Crippen molar-refractivity contribution in [3.8, 4) is 0 Å². The minimum atomic E-state index is -0.199. The highest BCUT2D eigenvalue weighted by molar-refractivity contribution is 5.25. The summed E-state index contributed by atoms with van der Waals surface area (Å²) in [6.45, 7) is 2.86. The van der Waals surface area contributed by atoms with E-state index in [9.17, 15) is 5.11 Å². The predicted molar refractivity (Wildman–Crippen MR) is 66.6 cm³/mol. The van der Waals surface area contributed by atoms with Crippen molar-refractivity contribution < 1.29 is 9.84 Å². The van der Waals surface area contributed by atoms with Gasteiger partial charge in [-0.2, -0.15) is 0 Å². The second kappa shape index (κ2) is 7.42. The van der Waals surface area contributed by atoms with Gasteiger partial charge in [-0.15, -0.1) is 0 Å². The Morgan fingerprint density at radius 1 is 1.25 bits per heavy atom. The first-order chi connectivity index (χ1) is 7.74. The lowest BCUT2D eigenvalue weighted by Crippen LogP contribution is -2.09. The number of ether oxygens (including phenoxy) is 1. The van der Waals surface area contributed by atoms with E-state index in [0.29, 0.717) is 0 Å². The molecule has 1 N–H and O–H groups in total. The van der Waals surface area contributed by atoms with E-state index in [1.165, 1.54) is 11.1 Å². The lowest BCUT2D eigenvalue weighted by molar-refractivity contribution is 0.128. The number of methoxy groups -OCH3 is 1. The summed E-state index contributed by atoms with van der Waals surface area (Å²) >= 11 is 0. The van der Waals surface area contributed by atoms with Crippen LogP contribution in [0.1, 0.15) is 30.4 Å². The van der Waals surface area contributed by atoms with Gasteiger partial charge in [-0.1, -0.05) is 24.3 Å². The van der Waals surface area contributed by atoms with Gasteiger partial charge in [-0.25, -0.2) is 0 Å². The molecule has 1 aromatic rings. The summed E-state index contributed by atoms with van der Waals surface area (Å²) in [6.07, 6.45) is 3.37. The van der Waals surface area contributed by atoms with Crippen LogP contribution in [0.3, 0.4) is 0 Å².